The molecule has 0 saturated heterocycles. The van der Waals surface area contributed by atoms with E-state index in [0.29, 0.717) is 19.5 Å². The van der Waals surface area contributed by atoms with Crippen LogP contribution in [-0.4, -0.2) is 43.2 Å². The number of methoxy groups -OCH3 is 1. The normalized spacial score (nSPS) is 17.9. The molecule has 1 saturated carbocycles. The average molecular weight is 228 g/mol. The van der Waals surface area contributed by atoms with Crippen LogP contribution < -0.4 is 5.73 Å². The third kappa shape index (κ3) is 3.19. The molecular weight excluding hydrogens is 204 g/mol. The fourth-order valence-corrected chi connectivity index (χ4v) is 2.20. The Bertz CT molecular complexity index is 216. The van der Waals surface area contributed by atoms with Gasteiger partial charge in [-0.3, -0.25) is 4.79 Å². The minimum Gasteiger partial charge on any atom is -0.378 e. The van der Waals surface area contributed by atoms with Gasteiger partial charge in [0.25, 0.3) is 0 Å². The Morgan fingerprint density at radius 2 is 2.12 bits per heavy atom. The van der Waals surface area contributed by atoms with Crippen molar-refractivity contribution in [2.45, 2.75) is 44.6 Å². The first kappa shape index (κ1) is 13.5. The van der Waals surface area contributed by atoms with E-state index < -0.39 is 0 Å². The van der Waals surface area contributed by atoms with Gasteiger partial charge in [0, 0.05) is 26.7 Å². The Morgan fingerprint density at radius 3 is 2.50 bits per heavy atom. The number of hydrogen-bond donors (Lipinski definition) is 1. The second-order valence-corrected chi connectivity index (χ2v) is 4.59. The summed E-state index contributed by atoms with van der Waals surface area (Å²) < 4.78 is 5.47. The first-order valence-corrected chi connectivity index (χ1v) is 6.20. The monoisotopic (exact) mass is 228 g/mol. The maximum Gasteiger partial charge on any atom is 0.225 e. The summed E-state index contributed by atoms with van der Waals surface area (Å²) >= 11 is 0. The van der Waals surface area contributed by atoms with Crippen LogP contribution >= 0.6 is 0 Å². The van der Waals surface area contributed by atoms with Crippen LogP contribution in [0.25, 0.3) is 0 Å². The highest BCUT2D eigenvalue weighted by molar-refractivity contribution is 5.77. The Labute approximate surface area is 98.1 Å². The molecule has 0 aromatic rings. The lowest BCUT2D eigenvalue weighted by atomic mass is 9.77. The quantitative estimate of drug-likeness (QED) is 0.711. The zero-order valence-electron chi connectivity index (χ0n) is 10.5. The van der Waals surface area contributed by atoms with E-state index in [9.17, 15) is 4.79 Å². The van der Waals surface area contributed by atoms with Gasteiger partial charge in [-0.2, -0.15) is 0 Å². The Hall–Kier alpha value is -0.610. The van der Waals surface area contributed by atoms with Crippen molar-refractivity contribution < 1.29 is 9.53 Å². The average Bonchev–Trinajstić information content (AvgIpc) is 2.23. The number of carbonyl (C=O) groups excluding carboxylic acids is 1. The van der Waals surface area contributed by atoms with Gasteiger partial charge in [0.05, 0.1) is 12.0 Å². The molecule has 4 heteroatoms. The van der Waals surface area contributed by atoms with Crippen molar-refractivity contribution in [3.63, 3.8) is 0 Å². The molecular formula is C12H24N2O2. The van der Waals surface area contributed by atoms with E-state index in [1.54, 1.807) is 7.11 Å². The molecule has 0 spiro atoms. The maximum atomic E-state index is 12.1. The molecule has 4 nitrogen and oxygen atoms in total. The van der Waals surface area contributed by atoms with Crippen LogP contribution in [0.3, 0.4) is 0 Å². The molecule has 1 aliphatic carbocycles. The molecule has 94 valence electrons. The van der Waals surface area contributed by atoms with Gasteiger partial charge < -0.3 is 15.4 Å². The van der Waals surface area contributed by atoms with E-state index in [4.69, 9.17) is 10.5 Å². The number of rotatable bonds is 7. The summed E-state index contributed by atoms with van der Waals surface area (Å²) in [5, 5.41) is 0. The Kier molecular flexibility index (Phi) is 5.22. The van der Waals surface area contributed by atoms with Gasteiger partial charge in [-0.05, 0) is 25.7 Å². The molecule has 16 heavy (non-hydrogen) atoms. The maximum absolute atomic E-state index is 12.1. The van der Waals surface area contributed by atoms with Crippen LogP contribution in [0, 0.1) is 0 Å². The third-order valence-corrected chi connectivity index (χ3v) is 3.42. The van der Waals surface area contributed by atoms with Gasteiger partial charge in [0.2, 0.25) is 5.91 Å². The SMILES string of the molecule is CCCN(CCN)C(=O)CC1(OC)CCC1. The largest absolute Gasteiger partial charge is 0.378 e. The van der Waals surface area contributed by atoms with Crippen LogP contribution in [-0.2, 0) is 9.53 Å². The van der Waals surface area contributed by atoms with E-state index in [-0.39, 0.29) is 11.5 Å². The topological polar surface area (TPSA) is 55.6 Å². The molecule has 0 aromatic carbocycles. The summed E-state index contributed by atoms with van der Waals surface area (Å²) in [5.41, 5.74) is 5.35. The van der Waals surface area contributed by atoms with E-state index in [1.807, 2.05) is 4.90 Å². The molecule has 2 N–H and O–H groups in total. The van der Waals surface area contributed by atoms with Gasteiger partial charge in [-0.1, -0.05) is 6.92 Å². The molecule has 0 aromatic heterocycles. The minimum atomic E-state index is -0.169. The van der Waals surface area contributed by atoms with Crippen molar-refractivity contribution >= 4 is 5.91 Å². The lowest BCUT2D eigenvalue weighted by molar-refractivity contribution is -0.144. The van der Waals surface area contributed by atoms with Gasteiger partial charge in [-0.25, -0.2) is 0 Å². The van der Waals surface area contributed by atoms with Gasteiger partial charge in [-0.15, -0.1) is 0 Å². The smallest absolute Gasteiger partial charge is 0.225 e. The molecule has 0 bridgehead atoms. The van der Waals surface area contributed by atoms with E-state index in [1.165, 1.54) is 6.42 Å². The summed E-state index contributed by atoms with van der Waals surface area (Å²) in [6.45, 7) is 4.07. The predicted molar refractivity (Wildman–Crippen MR) is 64.1 cm³/mol. The number of carbonyl (C=O) groups is 1. The Balaban J connectivity index is 2.47. The second-order valence-electron chi connectivity index (χ2n) is 4.59. The van der Waals surface area contributed by atoms with Crippen LogP contribution in [0.15, 0.2) is 0 Å². The molecule has 1 fully saturated rings. The van der Waals surface area contributed by atoms with Crippen LogP contribution in [0.4, 0.5) is 0 Å². The Morgan fingerprint density at radius 1 is 1.44 bits per heavy atom. The van der Waals surface area contributed by atoms with Crippen molar-refractivity contribution in [1.29, 1.82) is 0 Å². The summed E-state index contributed by atoms with van der Waals surface area (Å²) in [6, 6.07) is 0. The summed E-state index contributed by atoms with van der Waals surface area (Å²) in [6.07, 6.45) is 4.69. The number of nitrogens with two attached hydrogens (primary N) is 1. The molecule has 1 amide bonds. The number of nitrogens with zero attached hydrogens (tertiary/aromatic N) is 1. The zero-order valence-corrected chi connectivity index (χ0v) is 10.5. The van der Waals surface area contributed by atoms with E-state index >= 15 is 0 Å². The second kappa shape index (κ2) is 6.21. The van der Waals surface area contributed by atoms with Crippen LogP contribution in [0.1, 0.15) is 39.0 Å². The highest BCUT2D eigenvalue weighted by atomic mass is 16.5. The highest BCUT2D eigenvalue weighted by Gasteiger charge is 2.39. The molecule has 0 heterocycles. The zero-order chi connectivity index (χ0) is 12.0. The van der Waals surface area contributed by atoms with Crippen molar-refractivity contribution in [2.75, 3.05) is 26.7 Å². The summed E-state index contributed by atoms with van der Waals surface area (Å²) in [5.74, 6) is 0.189. The first-order valence-electron chi connectivity index (χ1n) is 6.20. The van der Waals surface area contributed by atoms with Gasteiger partial charge in [0.15, 0.2) is 0 Å². The van der Waals surface area contributed by atoms with Crippen molar-refractivity contribution in [2.24, 2.45) is 5.73 Å². The standard InChI is InChI=1S/C12H24N2O2/c1-3-8-14(9-7-13)11(15)10-12(16-2)5-4-6-12/h3-10,13H2,1-2H3. The number of hydrogen-bond acceptors (Lipinski definition) is 3. The molecule has 0 aliphatic heterocycles. The lowest BCUT2D eigenvalue weighted by Crippen LogP contribution is -2.46. The van der Waals surface area contributed by atoms with Gasteiger partial charge in [0.1, 0.15) is 0 Å². The molecule has 0 unspecified atom stereocenters. The molecule has 1 aliphatic rings. The van der Waals surface area contributed by atoms with Crippen molar-refractivity contribution in [3.05, 3.63) is 0 Å². The summed E-state index contributed by atoms with van der Waals surface area (Å²) in [7, 11) is 1.71. The highest BCUT2D eigenvalue weighted by Crippen LogP contribution is 2.38. The molecule has 0 radical (unpaired) electrons. The molecule has 1 rings (SSSR count). The predicted octanol–water partition coefficient (Wildman–Crippen LogP) is 1.14. The molecule has 0 atom stereocenters. The van der Waals surface area contributed by atoms with E-state index in [0.717, 1.165) is 25.8 Å². The fraction of sp³-hybridized carbons (Fsp3) is 0.917. The number of ether oxygens (including phenoxy) is 1. The lowest BCUT2D eigenvalue weighted by Gasteiger charge is -2.41. The van der Waals surface area contributed by atoms with Crippen molar-refractivity contribution in [1.82, 2.24) is 4.90 Å². The minimum absolute atomic E-state index is 0.169. The van der Waals surface area contributed by atoms with Gasteiger partial charge >= 0.3 is 0 Å². The third-order valence-electron chi connectivity index (χ3n) is 3.42. The van der Waals surface area contributed by atoms with E-state index in [2.05, 4.69) is 6.92 Å². The van der Waals surface area contributed by atoms with Crippen LogP contribution in [0.5, 0.6) is 0 Å². The number of amides is 1. The van der Waals surface area contributed by atoms with Crippen molar-refractivity contribution in [3.8, 4) is 0 Å². The fourth-order valence-electron chi connectivity index (χ4n) is 2.20. The first-order chi connectivity index (χ1) is 7.67. The summed E-state index contributed by atoms with van der Waals surface area (Å²) in [4.78, 5) is 13.9. The van der Waals surface area contributed by atoms with Crippen LogP contribution in [0.2, 0.25) is 0 Å².